The molecule has 3 heteroatoms. The number of aliphatic carboxylic acids is 1. The average molecular weight is 225 g/mol. The van der Waals surface area contributed by atoms with Gasteiger partial charge >= 0.3 is 5.97 Å². The number of hydrogen-bond acceptors (Lipinski definition) is 2. The lowest BCUT2D eigenvalue weighted by atomic mass is 9.72. The van der Waals surface area contributed by atoms with Crippen LogP contribution in [0.2, 0.25) is 0 Å². The van der Waals surface area contributed by atoms with Gasteiger partial charge in [-0.05, 0) is 37.1 Å². The van der Waals surface area contributed by atoms with Crippen LogP contribution >= 0.6 is 0 Å². The Labute approximate surface area is 97.6 Å². The van der Waals surface area contributed by atoms with Crippen molar-refractivity contribution in [2.24, 2.45) is 23.7 Å². The molecule has 0 aromatic rings. The summed E-state index contributed by atoms with van der Waals surface area (Å²) in [6, 6.07) is 0. The van der Waals surface area contributed by atoms with Gasteiger partial charge in [-0.1, -0.05) is 26.2 Å². The van der Waals surface area contributed by atoms with Crippen molar-refractivity contribution < 1.29 is 9.90 Å². The third-order valence-electron chi connectivity index (χ3n) is 4.65. The Morgan fingerprint density at radius 1 is 1.25 bits per heavy atom. The van der Waals surface area contributed by atoms with Crippen molar-refractivity contribution in [1.82, 2.24) is 5.32 Å². The summed E-state index contributed by atoms with van der Waals surface area (Å²) in [5, 5.41) is 12.4. The summed E-state index contributed by atoms with van der Waals surface area (Å²) in [5.74, 6) is 1.19. The van der Waals surface area contributed by atoms with Crippen molar-refractivity contribution in [1.29, 1.82) is 0 Å². The number of carboxylic acids is 1. The van der Waals surface area contributed by atoms with Crippen LogP contribution < -0.4 is 5.32 Å². The molecule has 0 aromatic heterocycles. The van der Waals surface area contributed by atoms with Crippen LogP contribution in [0.15, 0.2) is 0 Å². The third-order valence-corrected chi connectivity index (χ3v) is 4.65. The van der Waals surface area contributed by atoms with Crippen molar-refractivity contribution in [3.05, 3.63) is 0 Å². The second-order valence-corrected chi connectivity index (χ2v) is 5.46. The molecule has 1 saturated heterocycles. The lowest BCUT2D eigenvalue weighted by molar-refractivity contribution is -0.143. The molecule has 1 aliphatic heterocycles. The standard InChI is InChI=1S/C13H23NO2/c1-2-9-3-5-10(6-4-9)11-7-14-8-12(11)13(15)16/h9-12,14H,2-8H2,1H3,(H,15,16). The third kappa shape index (κ3) is 2.40. The number of carbonyl (C=O) groups is 1. The summed E-state index contributed by atoms with van der Waals surface area (Å²) in [5.41, 5.74) is 0. The maximum atomic E-state index is 11.1. The summed E-state index contributed by atoms with van der Waals surface area (Å²) < 4.78 is 0. The van der Waals surface area contributed by atoms with Gasteiger partial charge in [0.2, 0.25) is 0 Å². The van der Waals surface area contributed by atoms with Crippen LogP contribution in [0, 0.1) is 23.7 Å². The van der Waals surface area contributed by atoms with Crippen molar-refractivity contribution >= 4 is 5.97 Å². The Morgan fingerprint density at radius 3 is 2.50 bits per heavy atom. The van der Waals surface area contributed by atoms with Gasteiger partial charge in [0.25, 0.3) is 0 Å². The second kappa shape index (κ2) is 5.17. The van der Waals surface area contributed by atoms with E-state index in [0.717, 1.165) is 12.5 Å². The molecule has 3 nitrogen and oxygen atoms in total. The molecule has 92 valence electrons. The number of carboxylic acid groups (broad SMARTS) is 1. The number of nitrogens with one attached hydrogen (secondary N) is 1. The molecule has 0 bridgehead atoms. The van der Waals surface area contributed by atoms with E-state index in [-0.39, 0.29) is 5.92 Å². The molecule has 0 spiro atoms. The molecule has 0 aromatic carbocycles. The Bertz CT molecular complexity index is 246. The van der Waals surface area contributed by atoms with Crippen molar-refractivity contribution in [2.75, 3.05) is 13.1 Å². The summed E-state index contributed by atoms with van der Waals surface area (Å²) in [7, 11) is 0. The first-order valence-electron chi connectivity index (χ1n) is 6.66. The number of hydrogen-bond donors (Lipinski definition) is 2. The molecule has 2 atom stereocenters. The van der Waals surface area contributed by atoms with Crippen LogP contribution in [-0.4, -0.2) is 24.2 Å². The van der Waals surface area contributed by atoms with Gasteiger partial charge in [-0.2, -0.15) is 0 Å². The zero-order valence-electron chi connectivity index (χ0n) is 10.1. The molecule has 2 rings (SSSR count). The fraction of sp³-hybridized carbons (Fsp3) is 0.923. The van der Waals surface area contributed by atoms with E-state index in [4.69, 9.17) is 0 Å². The maximum absolute atomic E-state index is 11.1. The highest BCUT2D eigenvalue weighted by molar-refractivity contribution is 5.71. The fourth-order valence-corrected chi connectivity index (χ4v) is 3.49. The molecular weight excluding hydrogens is 202 g/mol. The van der Waals surface area contributed by atoms with E-state index >= 15 is 0 Å². The zero-order chi connectivity index (χ0) is 11.5. The van der Waals surface area contributed by atoms with E-state index in [1.54, 1.807) is 0 Å². The predicted molar refractivity (Wildman–Crippen MR) is 63.2 cm³/mol. The van der Waals surface area contributed by atoms with Gasteiger partial charge in [-0.15, -0.1) is 0 Å². The van der Waals surface area contributed by atoms with Gasteiger partial charge in [-0.25, -0.2) is 0 Å². The van der Waals surface area contributed by atoms with Gasteiger partial charge in [-0.3, -0.25) is 4.79 Å². The van der Waals surface area contributed by atoms with Crippen LogP contribution in [0.25, 0.3) is 0 Å². The highest BCUT2D eigenvalue weighted by atomic mass is 16.4. The van der Waals surface area contributed by atoms with Crippen molar-refractivity contribution in [3.63, 3.8) is 0 Å². The average Bonchev–Trinajstić information content (AvgIpc) is 2.78. The quantitative estimate of drug-likeness (QED) is 0.773. The molecule has 0 radical (unpaired) electrons. The first-order valence-corrected chi connectivity index (χ1v) is 6.66. The number of rotatable bonds is 3. The SMILES string of the molecule is CCC1CCC(C2CNCC2C(=O)O)CC1. The molecule has 2 unspecified atom stereocenters. The smallest absolute Gasteiger partial charge is 0.308 e. The van der Waals surface area contributed by atoms with Crippen molar-refractivity contribution in [3.8, 4) is 0 Å². The lowest BCUT2D eigenvalue weighted by Crippen LogP contribution is -2.30. The summed E-state index contributed by atoms with van der Waals surface area (Å²) in [6.07, 6.45) is 6.40. The van der Waals surface area contributed by atoms with E-state index in [1.165, 1.54) is 32.1 Å². The monoisotopic (exact) mass is 225 g/mol. The summed E-state index contributed by atoms with van der Waals surface area (Å²) >= 11 is 0. The highest BCUT2D eigenvalue weighted by Gasteiger charge is 2.38. The highest BCUT2D eigenvalue weighted by Crippen LogP contribution is 2.38. The van der Waals surface area contributed by atoms with Crippen molar-refractivity contribution in [2.45, 2.75) is 39.0 Å². The Kier molecular flexibility index (Phi) is 3.85. The predicted octanol–water partition coefficient (Wildman–Crippen LogP) is 2.12. The lowest BCUT2D eigenvalue weighted by Gasteiger charge is -2.33. The normalized spacial score (nSPS) is 39.8. The minimum Gasteiger partial charge on any atom is -0.481 e. The van der Waals surface area contributed by atoms with E-state index in [9.17, 15) is 9.90 Å². The van der Waals surface area contributed by atoms with Gasteiger partial charge < -0.3 is 10.4 Å². The van der Waals surface area contributed by atoms with E-state index in [0.29, 0.717) is 18.4 Å². The zero-order valence-corrected chi connectivity index (χ0v) is 10.1. The molecule has 2 fully saturated rings. The fourth-order valence-electron chi connectivity index (χ4n) is 3.49. The van der Waals surface area contributed by atoms with Crippen LogP contribution in [0.3, 0.4) is 0 Å². The molecule has 2 N–H and O–H groups in total. The van der Waals surface area contributed by atoms with E-state index in [2.05, 4.69) is 12.2 Å². The molecule has 1 saturated carbocycles. The maximum Gasteiger partial charge on any atom is 0.308 e. The largest absolute Gasteiger partial charge is 0.481 e. The van der Waals surface area contributed by atoms with Gasteiger partial charge in [0.15, 0.2) is 0 Å². The minimum absolute atomic E-state index is 0.136. The van der Waals surface area contributed by atoms with Crippen LogP contribution in [0.1, 0.15) is 39.0 Å². The Hall–Kier alpha value is -0.570. The summed E-state index contributed by atoms with van der Waals surface area (Å²) in [6.45, 7) is 3.86. The topological polar surface area (TPSA) is 49.3 Å². The molecule has 1 heterocycles. The van der Waals surface area contributed by atoms with Crippen LogP contribution in [0.4, 0.5) is 0 Å². The minimum atomic E-state index is -0.604. The summed E-state index contributed by atoms with van der Waals surface area (Å²) in [4.78, 5) is 11.1. The van der Waals surface area contributed by atoms with Gasteiger partial charge in [0.05, 0.1) is 5.92 Å². The molecule has 0 amide bonds. The molecule has 2 aliphatic rings. The Morgan fingerprint density at radius 2 is 1.94 bits per heavy atom. The van der Waals surface area contributed by atoms with Crippen LogP contribution in [-0.2, 0) is 4.79 Å². The van der Waals surface area contributed by atoms with Gasteiger partial charge in [0, 0.05) is 6.54 Å². The van der Waals surface area contributed by atoms with Gasteiger partial charge in [0.1, 0.15) is 0 Å². The van der Waals surface area contributed by atoms with E-state index in [1.807, 2.05) is 0 Å². The first kappa shape index (κ1) is 11.9. The Balaban J connectivity index is 1.90. The second-order valence-electron chi connectivity index (χ2n) is 5.46. The molecule has 1 aliphatic carbocycles. The van der Waals surface area contributed by atoms with E-state index < -0.39 is 5.97 Å². The molecular formula is C13H23NO2. The first-order chi connectivity index (χ1) is 7.72. The molecule has 16 heavy (non-hydrogen) atoms. The van der Waals surface area contributed by atoms with Crippen LogP contribution in [0.5, 0.6) is 0 Å².